The minimum Gasteiger partial charge on any atom is -0.493 e. The van der Waals surface area contributed by atoms with Crippen LogP contribution in [0.15, 0.2) is 18.2 Å². The number of rotatable bonds is 5. The number of amides is 1. The van der Waals surface area contributed by atoms with Gasteiger partial charge in [0.1, 0.15) is 11.0 Å². The molecule has 8 heteroatoms. The summed E-state index contributed by atoms with van der Waals surface area (Å²) in [6.45, 7) is 7.04. The number of hydrogen-bond donors (Lipinski definition) is 0. The molecule has 29 heavy (non-hydrogen) atoms. The SMILES string of the molecule is COC(=O)[C@H]1CN(C(=O)CN2CCN(Cc3ccc4c(c3)CCO4)CC2)CCS1. The molecule has 1 aromatic carbocycles. The summed E-state index contributed by atoms with van der Waals surface area (Å²) in [7, 11) is 1.40. The maximum absolute atomic E-state index is 12.7. The first-order valence-electron chi connectivity index (χ1n) is 10.3. The van der Waals surface area contributed by atoms with Gasteiger partial charge >= 0.3 is 5.97 Å². The van der Waals surface area contributed by atoms with E-state index in [4.69, 9.17) is 9.47 Å². The van der Waals surface area contributed by atoms with Gasteiger partial charge in [-0.1, -0.05) is 12.1 Å². The minimum atomic E-state index is -0.257. The number of carbonyl (C=O) groups excluding carboxylic acids is 2. The molecule has 3 aliphatic rings. The summed E-state index contributed by atoms with van der Waals surface area (Å²) in [5.41, 5.74) is 2.65. The van der Waals surface area contributed by atoms with Crippen LogP contribution in [-0.2, 0) is 27.3 Å². The lowest BCUT2D eigenvalue weighted by Gasteiger charge is -2.36. The Morgan fingerprint density at radius 3 is 2.76 bits per heavy atom. The summed E-state index contributed by atoms with van der Waals surface area (Å²) in [5.74, 6) is 1.69. The minimum absolute atomic E-state index is 0.117. The highest BCUT2D eigenvalue weighted by Crippen LogP contribution is 2.26. The van der Waals surface area contributed by atoms with Gasteiger partial charge in [0.2, 0.25) is 5.91 Å². The van der Waals surface area contributed by atoms with Crippen LogP contribution in [0.1, 0.15) is 11.1 Å². The van der Waals surface area contributed by atoms with Crippen molar-refractivity contribution >= 4 is 23.6 Å². The quantitative estimate of drug-likeness (QED) is 0.656. The van der Waals surface area contributed by atoms with Crippen LogP contribution < -0.4 is 4.74 Å². The number of carbonyl (C=O) groups is 2. The molecule has 0 aliphatic carbocycles. The third-order valence-corrected chi connectivity index (χ3v) is 7.03. The molecule has 1 aromatic rings. The molecule has 158 valence electrons. The van der Waals surface area contributed by atoms with Crippen molar-refractivity contribution in [1.29, 1.82) is 0 Å². The molecule has 4 rings (SSSR count). The molecule has 0 unspecified atom stereocenters. The van der Waals surface area contributed by atoms with Crippen LogP contribution in [-0.4, -0.2) is 97.1 Å². The van der Waals surface area contributed by atoms with Gasteiger partial charge in [-0.25, -0.2) is 0 Å². The van der Waals surface area contributed by atoms with Gasteiger partial charge < -0.3 is 14.4 Å². The Bertz CT molecular complexity index is 751. The molecule has 2 fully saturated rings. The fourth-order valence-electron chi connectivity index (χ4n) is 4.14. The van der Waals surface area contributed by atoms with Crippen LogP contribution in [0.4, 0.5) is 0 Å². The van der Waals surface area contributed by atoms with Crippen molar-refractivity contribution in [1.82, 2.24) is 14.7 Å². The van der Waals surface area contributed by atoms with E-state index >= 15 is 0 Å². The van der Waals surface area contributed by atoms with Crippen molar-refractivity contribution < 1.29 is 19.1 Å². The van der Waals surface area contributed by atoms with Crippen molar-refractivity contribution in [3.63, 3.8) is 0 Å². The maximum Gasteiger partial charge on any atom is 0.320 e. The van der Waals surface area contributed by atoms with Gasteiger partial charge in [-0.05, 0) is 17.2 Å². The fraction of sp³-hybridized carbons (Fsp3) is 0.619. The summed E-state index contributed by atoms with van der Waals surface area (Å²) in [6.07, 6.45) is 1.00. The molecule has 2 saturated heterocycles. The van der Waals surface area contributed by atoms with E-state index in [1.807, 2.05) is 4.90 Å². The Hall–Kier alpha value is -1.77. The number of thioether (sulfide) groups is 1. The standard InChI is InChI=1S/C21H29N3O4S/c1-27-21(26)19-14-24(9-11-29-19)20(25)15-23-7-5-22(6-8-23)13-16-2-3-18-17(12-16)4-10-28-18/h2-3,12,19H,4-11,13-15H2,1H3/t19-/m1/s1. The first kappa shape index (κ1) is 20.5. The van der Waals surface area contributed by atoms with Crippen LogP contribution in [0, 0.1) is 0 Å². The summed E-state index contributed by atoms with van der Waals surface area (Å²) in [6, 6.07) is 6.52. The summed E-state index contributed by atoms with van der Waals surface area (Å²) < 4.78 is 10.4. The molecule has 1 atom stereocenters. The van der Waals surface area contributed by atoms with Crippen LogP contribution in [0.3, 0.4) is 0 Å². The molecule has 3 aliphatic heterocycles. The number of fused-ring (bicyclic) bond motifs is 1. The summed E-state index contributed by atoms with van der Waals surface area (Å²) in [4.78, 5) is 31.0. The van der Waals surface area contributed by atoms with E-state index in [2.05, 4.69) is 28.0 Å². The Kier molecular flexibility index (Phi) is 6.62. The van der Waals surface area contributed by atoms with Gasteiger partial charge in [-0.2, -0.15) is 0 Å². The molecule has 0 saturated carbocycles. The molecule has 0 radical (unpaired) electrons. The predicted molar refractivity (Wildman–Crippen MR) is 112 cm³/mol. The number of piperazine rings is 1. The van der Waals surface area contributed by atoms with Crippen LogP contribution in [0.2, 0.25) is 0 Å². The Morgan fingerprint density at radius 1 is 1.17 bits per heavy atom. The number of methoxy groups -OCH3 is 1. The van der Waals surface area contributed by atoms with E-state index < -0.39 is 0 Å². The zero-order chi connectivity index (χ0) is 20.2. The number of ether oxygens (including phenoxy) is 2. The second-order valence-corrected chi connectivity index (χ2v) is 9.13. The molecule has 1 amide bonds. The summed E-state index contributed by atoms with van der Waals surface area (Å²) >= 11 is 1.58. The Morgan fingerprint density at radius 2 is 1.97 bits per heavy atom. The van der Waals surface area contributed by atoms with Gasteiger partial charge in [0.25, 0.3) is 0 Å². The van der Waals surface area contributed by atoms with Crippen molar-refractivity contribution in [3.8, 4) is 5.75 Å². The zero-order valence-corrected chi connectivity index (χ0v) is 17.8. The van der Waals surface area contributed by atoms with E-state index in [0.29, 0.717) is 19.6 Å². The van der Waals surface area contributed by atoms with Crippen molar-refractivity contribution in [2.75, 3.05) is 65.3 Å². The lowest BCUT2D eigenvalue weighted by molar-refractivity contribution is -0.141. The number of nitrogens with zero attached hydrogens (tertiary/aromatic N) is 3. The van der Waals surface area contributed by atoms with Gasteiger partial charge in [-0.3, -0.25) is 19.4 Å². The number of hydrogen-bond acceptors (Lipinski definition) is 7. The van der Waals surface area contributed by atoms with Crippen molar-refractivity contribution in [2.45, 2.75) is 18.2 Å². The maximum atomic E-state index is 12.7. The van der Waals surface area contributed by atoms with Crippen LogP contribution >= 0.6 is 11.8 Å². The third kappa shape index (κ3) is 5.05. The first-order valence-corrected chi connectivity index (χ1v) is 11.3. The Labute approximate surface area is 176 Å². The van der Waals surface area contributed by atoms with Crippen molar-refractivity contribution in [3.05, 3.63) is 29.3 Å². The largest absolute Gasteiger partial charge is 0.493 e. The zero-order valence-electron chi connectivity index (χ0n) is 17.0. The molecule has 0 aromatic heterocycles. The number of esters is 1. The van der Waals surface area contributed by atoms with Crippen molar-refractivity contribution in [2.24, 2.45) is 0 Å². The van der Waals surface area contributed by atoms with E-state index in [1.165, 1.54) is 18.2 Å². The smallest absolute Gasteiger partial charge is 0.320 e. The fourth-order valence-corrected chi connectivity index (χ4v) is 5.27. The van der Waals surface area contributed by atoms with E-state index in [9.17, 15) is 9.59 Å². The Balaban J connectivity index is 1.22. The molecule has 3 heterocycles. The normalized spacial score (nSPS) is 22.8. The molecule has 7 nitrogen and oxygen atoms in total. The van der Waals surface area contributed by atoms with Crippen LogP contribution in [0.5, 0.6) is 5.75 Å². The summed E-state index contributed by atoms with van der Waals surface area (Å²) in [5, 5.41) is -0.257. The molecular weight excluding hydrogens is 390 g/mol. The monoisotopic (exact) mass is 419 g/mol. The van der Waals surface area contributed by atoms with Gasteiger partial charge in [-0.15, -0.1) is 11.8 Å². The molecule has 0 bridgehead atoms. The van der Waals surface area contributed by atoms with E-state index in [1.54, 1.807) is 11.8 Å². The lowest BCUT2D eigenvalue weighted by Crippen LogP contribution is -2.52. The van der Waals surface area contributed by atoms with E-state index in [0.717, 1.165) is 57.3 Å². The molecule has 0 N–H and O–H groups in total. The van der Waals surface area contributed by atoms with Gasteiger partial charge in [0.05, 0.1) is 20.3 Å². The van der Waals surface area contributed by atoms with Gasteiger partial charge in [0, 0.05) is 58.0 Å². The number of benzene rings is 1. The second-order valence-electron chi connectivity index (χ2n) is 7.82. The highest BCUT2D eigenvalue weighted by Gasteiger charge is 2.30. The second kappa shape index (κ2) is 9.36. The highest BCUT2D eigenvalue weighted by molar-refractivity contribution is 8.00. The van der Waals surface area contributed by atoms with Gasteiger partial charge in [0.15, 0.2) is 0 Å². The van der Waals surface area contributed by atoms with E-state index in [-0.39, 0.29) is 17.1 Å². The average molecular weight is 420 g/mol. The lowest BCUT2D eigenvalue weighted by atomic mass is 10.1. The molecular formula is C21H29N3O4S. The third-order valence-electron chi connectivity index (χ3n) is 5.87. The molecule has 0 spiro atoms. The first-order chi connectivity index (χ1) is 14.1. The topological polar surface area (TPSA) is 62.3 Å². The predicted octanol–water partition coefficient (Wildman–Crippen LogP) is 0.856. The van der Waals surface area contributed by atoms with Crippen LogP contribution in [0.25, 0.3) is 0 Å². The highest BCUT2D eigenvalue weighted by atomic mass is 32.2. The average Bonchev–Trinajstić information content (AvgIpc) is 3.22.